The van der Waals surface area contributed by atoms with Crippen LogP contribution in [0.2, 0.25) is 0 Å². The summed E-state index contributed by atoms with van der Waals surface area (Å²) in [4.78, 5) is 19.3. The largest absolute Gasteiger partial charge is 0.398 e. The Morgan fingerprint density at radius 1 is 1.65 bits per heavy atom. The van der Waals surface area contributed by atoms with E-state index < -0.39 is 15.9 Å². The Morgan fingerprint density at radius 3 is 2.76 bits per heavy atom. The number of anilines is 1. The van der Waals surface area contributed by atoms with E-state index in [4.69, 9.17) is 5.73 Å². The van der Waals surface area contributed by atoms with Gasteiger partial charge in [0.25, 0.3) is 5.91 Å². The highest BCUT2D eigenvalue weighted by atomic mass is 32.2. The van der Waals surface area contributed by atoms with Crippen molar-refractivity contribution < 1.29 is 18.0 Å². The minimum Gasteiger partial charge on any atom is -0.398 e. The summed E-state index contributed by atoms with van der Waals surface area (Å²) < 4.78 is 24.1. The predicted octanol–water partition coefficient (Wildman–Crippen LogP) is -0.650. The quantitative estimate of drug-likeness (QED) is 0.547. The van der Waals surface area contributed by atoms with Gasteiger partial charge in [-0.25, -0.2) is 13.4 Å². The summed E-state index contributed by atoms with van der Waals surface area (Å²) in [7, 11) is -2.16. The van der Waals surface area contributed by atoms with Crippen LogP contribution < -0.4 is 10.5 Å². The number of hydrogen-bond donors (Lipinski definition) is 2. The average Bonchev–Trinajstić information content (AvgIpc) is 2.59. The Balaban J connectivity index is 3.01. The third kappa shape index (κ3) is 4.00. The van der Waals surface area contributed by atoms with Crippen molar-refractivity contribution in [1.29, 1.82) is 0 Å². The summed E-state index contributed by atoms with van der Waals surface area (Å²) in [5.41, 5.74) is 5.04. The number of nitrogens with two attached hydrogens (primary N) is 1. The first kappa shape index (κ1) is 13.4. The van der Waals surface area contributed by atoms with Crippen LogP contribution in [0.5, 0.6) is 0 Å². The van der Waals surface area contributed by atoms with Crippen molar-refractivity contribution in [3.63, 3.8) is 0 Å². The van der Waals surface area contributed by atoms with Crippen molar-refractivity contribution >= 4 is 38.1 Å². The summed E-state index contributed by atoms with van der Waals surface area (Å²) in [5.74, 6) is -0.817. The van der Waals surface area contributed by atoms with Crippen LogP contribution in [0.15, 0.2) is 10.5 Å². The summed E-state index contributed by atoms with van der Waals surface area (Å²) >= 11 is 1.00. The zero-order chi connectivity index (χ0) is 13.1. The molecule has 0 fully saturated rings. The van der Waals surface area contributed by atoms with Gasteiger partial charge in [0.05, 0.1) is 6.26 Å². The van der Waals surface area contributed by atoms with Crippen molar-refractivity contribution in [2.75, 3.05) is 18.1 Å². The Hall–Kier alpha value is -1.68. The molecule has 10 heteroatoms. The van der Waals surface area contributed by atoms with Crippen LogP contribution in [0.3, 0.4) is 0 Å². The van der Waals surface area contributed by atoms with Gasteiger partial charge in [0.1, 0.15) is 12.8 Å². The highest BCUT2D eigenvalue weighted by molar-refractivity contribution is 7.92. The second-order valence-corrected chi connectivity index (χ2v) is 5.51. The van der Waals surface area contributed by atoms with E-state index in [0.717, 1.165) is 17.6 Å². The van der Waals surface area contributed by atoms with Gasteiger partial charge in [-0.2, -0.15) is 0 Å². The molecule has 0 aliphatic rings. The predicted molar refractivity (Wildman–Crippen MR) is 63.3 cm³/mol. The first-order chi connectivity index (χ1) is 7.83. The molecular formula is C7H10N4O4S2. The number of nitrogens with zero attached hydrogens (tertiary/aromatic N) is 2. The van der Waals surface area contributed by atoms with E-state index in [1.807, 2.05) is 0 Å². The standard InChI is InChI=1S/C7H10N4O4S2/c1-15-10-5(6(8)12)4-3-16-7(9-4)11-17(2,13)14/h3H,1-2H3,(H2,8,12)(H,9,11). The molecule has 1 aromatic heterocycles. The molecule has 8 nitrogen and oxygen atoms in total. The van der Waals surface area contributed by atoms with Gasteiger partial charge in [-0.3, -0.25) is 9.52 Å². The maximum absolute atomic E-state index is 11.0. The molecular weight excluding hydrogens is 268 g/mol. The summed E-state index contributed by atoms with van der Waals surface area (Å²) in [6.07, 6.45) is 0.992. The molecule has 0 aliphatic carbocycles. The monoisotopic (exact) mass is 278 g/mol. The molecule has 1 rings (SSSR count). The third-order valence-electron chi connectivity index (χ3n) is 1.44. The van der Waals surface area contributed by atoms with Crippen LogP contribution in [0, 0.1) is 0 Å². The lowest BCUT2D eigenvalue weighted by Crippen LogP contribution is -2.24. The van der Waals surface area contributed by atoms with Crippen molar-refractivity contribution in [3.05, 3.63) is 11.1 Å². The third-order valence-corrected chi connectivity index (χ3v) is 2.89. The highest BCUT2D eigenvalue weighted by Gasteiger charge is 2.16. The smallest absolute Gasteiger partial charge is 0.273 e. The molecule has 0 unspecified atom stereocenters. The molecule has 3 N–H and O–H groups in total. The summed E-state index contributed by atoms with van der Waals surface area (Å²) in [6.45, 7) is 0. The number of aromatic nitrogens is 1. The van der Waals surface area contributed by atoms with Crippen LogP contribution in [0.25, 0.3) is 0 Å². The number of amides is 1. The second-order valence-electron chi connectivity index (χ2n) is 2.90. The van der Waals surface area contributed by atoms with Crippen LogP contribution in [0.1, 0.15) is 5.69 Å². The number of hydrogen-bond acceptors (Lipinski definition) is 7. The fraction of sp³-hybridized carbons (Fsp3) is 0.286. The molecule has 0 saturated heterocycles. The Morgan fingerprint density at radius 2 is 2.29 bits per heavy atom. The van der Waals surface area contributed by atoms with Crippen molar-refractivity contribution in [3.8, 4) is 0 Å². The lowest BCUT2D eigenvalue weighted by molar-refractivity contribution is -0.112. The van der Waals surface area contributed by atoms with E-state index >= 15 is 0 Å². The SMILES string of the molecule is CON=C(C(N)=O)c1csc(NS(C)(=O)=O)n1. The van der Waals surface area contributed by atoms with Crippen LogP contribution >= 0.6 is 11.3 Å². The molecule has 0 atom stereocenters. The normalized spacial score (nSPS) is 12.2. The molecule has 0 radical (unpaired) electrons. The molecule has 94 valence electrons. The van der Waals surface area contributed by atoms with Gasteiger partial charge in [0, 0.05) is 5.38 Å². The maximum Gasteiger partial charge on any atom is 0.273 e. The zero-order valence-corrected chi connectivity index (χ0v) is 10.6. The van der Waals surface area contributed by atoms with E-state index in [1.165, 1.54) is 12.5 Å². The summed E-state index contributed by atoms with van der Waals surface area (Å²) in [5, 5.41) is 4.97. The fourth-order valence-corrected chi connectivity index (χ4v) is 2.45. The molecule has 0 saturated carbocycles. The minimum absolute atomic E-state index is 0.118. The van der Waals surface area contributed by atoms with Crippen molar-refractivity contribution in [2.45, 2.75) is 0 Å². The first-order valence-electron chi connectivity index (χ1n) is 4.18. The Labute approximate surface area is 102 Å². The lowest BCUT2D eigenvalue weighted by atomic mass is 10.3. The lowest BCUT2D eigenvalue weighted by Gasteiger charge is -1.98. The van der Waals surface area contributed by atoms with E-state index in [2.05, 4.69) is 19.7 Å². The number of sulfonamides is 1. The molecule has 1 amide bonds. The highest BCUT2D eigenvalue weighted by Crippen LogP contribution is 2.17. The molecule has 17 heavy (non-hydrogen) atoms. The van der Waals surface area contributed by atoms with E-state index in [1.54, 1.807) is 0 Å². The number of oxime groups is 1. The molecule has 0 spiro atoms. The number of primary amides is 1. The van der Waals surface area contributed by atoms with Gasteiger partial charge in [-0.1, -0.05) is 5.16 Å². The number of carbonyl (C=O) groups is 1. The number of nitrogens with one attached hydrogen (secondary N) is 1. The van der Waals surface area contributed by atoms with Gasteiger partial charge in [0.2, 0.25) is 10.0 Å². The molecule has 1 heterocycles. The van der Waals surface area contributed by atoms with Crippen molar-refractivity contribution in [2.24, 2.45) is 10.9 Å². The van der Waals surface area contributed by atoms with Crippen LogP contribution in [0.4, 0.5) is 5.13 Å². The zero-order valence-electron chi connectivity index (χ0n) is 9.00. The first-order valence-corrected chi connectivity index (χ1v) is 6.95. The fourth-order valence-electron chi connectivity index (χ4n) is 0.897. The second kappa shape index (κ2) is 5.10. The Kier molecular flexibility index (Phi) is 4.02. The molecule has 0 aliphatic heterocycles. The van der Waals surface area contributed by atoms with Gasteiger partial charge in [-0.15, -0.1) is 11.3 Å². The van der Waals surface area contributed by atoms with Gasteiger partial charge < -0.3 is 10.6 Å². The topological polar surface area (TPSA) is 124 Å². The van der Waals surface area contributed by atoms with Gasteiger partial charge in [-0.05, 0) is 0 Å². The number of thiazole rings is 1. The van der Waals surface area contributed by atoms with Crippen LogP contribution in [-0.2, 0) is 19.7 Å². The van der Waals surface area contributed by atoms with Gasteiger partial charge >= 0.3 is 0 Å². The van der Waals surface area contributed by atoms with E-state index in [-0.39, 0.29) is 16.5 Å². The minimum atomic E-state index is -3.41. The van der Waals surface area contributed by atoms with Crippen LogP contribution in [-0.4, -0.2) is 38.4 Å². The maximum atomic E-state index is 11.0. The van der Waals surface area contributed by atoms with Crippen molar-refractivity contribution in [1.82, 2.24) is 4.98 Å². The van der Waals surface area contributed by atoms with Gasteiger partial charge in [0.15, 0.2) is 10.8 Å². The van der Waals surface area contributed by atoms with E-state index in [9.17, 15) is 13.2 Å². The molecule has 0 aromatic carbocycles. The number of carbonyl (C=O) groups excluding carboxylic acids is 1. The number of rotatable bonds is 5. The van der Waals surface area contributed by atoms with E-state index in [0.29, 0.717) is 0 Å². The summed E-state index contributed by atoms with van der Waals surface area (Å²) in [6, 6.07) is 0. The average molecular weight is 278 g/mol. The molecule has 1 aromatic rings. The Bertz CT molecular complexity index is 548. The molecule has 0 bridgehead atoms.